The number of hydrogen-bond donors (Lipinski definition) is 1. The van der Waals surface area contributed by atoms with Gasteiger partial charge in [-0.15, -0.1) is 0 Å². The molecular formula is C14H12Cl2O3S. The summed E-state index contributed by atoms with van der Waals surface area (Å²) in [5, 5.41) is 10.9. The number of benzene rings is 2. The topological polar surface area (TPSA) is 54.4 Å². The van der Waals surface area contributed by atoms with Crippen molar-refractivity contribution in [2.75, 3.05) is 6.26 Å². The second-order valence-electron chi connectivity index (χ2n) is 4.39. The highest BCUT2D eigenvalue weighted by atomic mass is 35.5. The van der Waals surface area contributed by atoms with Gasteiger partial charge < -0.3 is 5.11 Å². The maximum absolute atomic E-state index is 11.4. The number of rotatable bonds is 3. The average Bonchev–Trinajstić information content (AvgIpc) is 2.40. The molecule has 2 rings (SSSR count). The van der Waals surface area contributed by atoms with E-state index < -0.39 is 15.9 Å². The molecule has 0 aliphatic rings. The Balaban J connectivity index is 2.39. The summed E-state index contributed by atoms with van der Waals surface area (Å²) in [5.74, 6) is 0. The van der Waals surface area contributed by atoms with E-state index in [1.165, 1.54) is 12.1 Å². The molecule has 0 aliphatic heterocycles. The number of aliphatic hydroxyl groups is 1. The minimum atomic E-state index is -3.25. The van der Waals surface area contributed by atoms with E-state index in [-0.39, 0.29) is 9.92 Å². The monoisotopic (exact) mass is 330 g/mol. The standard InChI is InChI=1S/C14H12Cl2O3S/c1-20(18,19)10-7-5-9(6-8-10)14(17)11-3-2-4-12(15)13(11)16/h2-8,14,17H,1H3. The lowest BCUT2D eigenvalue weighted by molar-refractivity contribution is 0.220. The largest absolute Gasteiger partial charge is 0.384 e. The van der Waals surface area contributed by atoms with Gasteiger partial charge in [-0.2, -0.15) is 0 Å². The molecule has 0 saturated carbocycles. The molecule has 0 aromatic heterocycles. The molecule has 0 fully saturated rings. The molecule has 0 radical (unpaired) electrons. The lowest BCUT2D eigenvalue weighted by atomic mass is 10.0. The Morgan fingerprint density at radius 2 is 1.65 bits per heavy atom. The van der Waals surface area contributed by atoms with Crippen molar-refractivity contribution in [1.29, 1.82) is 0 Å². The molecule has 1 N–H and O–H groups in total. The molecule has 0 aliphatic carbocycles. The van der Waals surface area contributed by atoms with Crippen LogP contribution in [0.3, 0.4) is 0 Å². The van der Waals surface area contributed by atoms with Crippen molar-refractivity contribution >= 4 is 33.0 Å². The predicted molar refractivity (Wildman–Crippen MR) is 80.1 cm³/mol. The quantitative estimate of drug-likeness (QED) is 0.937. The average molecular weight is 331 g/mol. The summed E-state index contributed by atoms with van der Waals surface area (Å²) in [6.07, 6.45) is 0.168. The van der Waals surface area contributed by atoms with E-state index in [1.807, 2.05) is 0 Å². The van der Waals surface area contributed by atoms with Crippen LogP contribution in [0.5, 0.6) is 0 Å². The minimum absolute atomic E-state index is 0.200. The summed E-state index contributed by atoms with van der Waals surface area (Å²) in [7, 11) is -3.25. The van der Waals surface area contributed by atoms with Crippen LogP contribution in [0.15, 0.2) is 47.4 Å². The highest BCUT2D eigenvalue weighted by molar-refractivity contribution is 7.90. The molecule has 6 heteroatoms. The number of hydrogen-bond acceptors (Lipinski definition) is 3. The third-order valence-electron chi connectivity index (χ3n) is 2.90. The highest BCUT2D eigenvalue weighted by Crippen LogP contribution is 2.33. The summed E-state index contributed by atoms with van der Waals surface area (Å²) in [5.41, 5.74) is 1.02. The lowest BCUT2D eigenvalue weighted by Crippen LogP contribution is -2.02. The Morgan fingerprint density at radius 3 is 2.20 bits per heavy atom. The van der Waals surface area contributed by atoms with Crippen molar-refractivity contribution in [2.24, 2.45) is 0 Å². The van der Waals surface area contributed by atoms with Crippen LogP contribution in [-0.2, 0) is 9.84 Å². The summed E-state index contributed by atoms with van der Waals surface area (Å²) in [6.45, 7) is 0. The maximum Gasteiger partial charge on any atom is 0.175 e. The van der Waals surface area contributed by atoms with Crippen LogP contribution < -0.4 is 0 Å². The third kappa shape index (κ3) is 3.15. The van der Waals surface area contributed by atoms with E-state index in [9.17, 15) is 13.5 Å². The smallest absolute Gasteiger partial charge is 0.175 e. The molecule has 0 amide bonds. The Kier molecular flexibility index (Phi) is 4.39. The fourth-order valence-electron chi connectivity index (χ4n) is 1.81. The zero-order valence-electron chi connectivity index (χ0n) is 10.5. The summed E-state index contributed by atoms with van der Waals surface area (Å²) in [4.78, 5) is 0.200. The van der Waals surface area contributed by atoms with Gasteiger partial charge in [-0.25, -0.2) is 8.42 Å². The van der Waals surface area contributed by atoms with Gasteiger partial charge in [0.1, 0.15) is 6.10 Å². The Morgan fingerprint density at radius 1 is 1.05 bits per heavy atom. The summed E-state index contributed by atoms with van der Waals surface area (Å²) in [6, 6.07) is 11.0. The second kappa shape index (κ2) is 5.74. The van der Waals surface area contributed by atoms with E-state index in [1.54, 1.807) is 30.3 Å². The van der Waals surface area contributed by atoms with Crippen LogP contribution in [0.2, 0.25) is 10.0 Å². The van der Waals surface area contributed by atoms with E-state index in [0.717, 1.165) is 6.26 Å². The first kappa shape index (κ1) is 15.3. The van der Waals surface area contributed by atoms with Crippen molar-refractivity contribution in [3.63, 3.8) is 0 Å². The number of sulfone groups is 1. The van der Waals surface area contributed by atoms with Crippen molar-refractivity contribution in [3.05, 3.63) is 63.6 Å². The molecule has 3 nitrogen and oxygen atoms in total. The minimum Gasteiger partial charge on any atom is -0.384 e. The molecule has 0 saturated heterocycles. The highest BCUT2D eigenvalue weighted by Gasteiger charge is 2.16. The van der Waals surface area contributed by atoms with Gasteiger partial charge in [0.05, 0.1) is 14.9 Å². The number of aliphatic hydroxyl groups excluding tert-OH is 1. The van der Waals surface area contributed by atoms with E-state index >= 15 is 0 Å². The Bertz CT molecular complexity index is 725. The molecule has 0 heterocycles. The Labute approximate surface area is 127 Å². The van der Waals surface area contributed by atoms with Gasteiger partial charge in [-0.3, -0.25) is 0 Å². The summed E-state index contributed by atoms with van der Waals surface area (Å²) >= 11 is 12.0. The maximum atomic E-state index is 11.4. The third-order valence-corrected chi connectivity index (χ3v) is 4.86. The molecule has 2 aromatic carbocycles. The first-order valence-corrected chi connectivity index (χ1v) is 8.37. The molecule has 0 spiro atoms. The van der Waals surface area contributed by atoms with Gasteiger partial charge in [-0.05, 0) is 23.8 Å². The van der Waals surface area contributed by atoms with Crippen LogP contribution >= 0.6 is 23.2 Å². The van der Waals surface area contributed by atoms with Crippen molar-refractivity contribution in [3.8, 4) is 0 Å². The van der Waals surface area contributed by atoms with Crippen molar-refractivity contribution in [1.82, 2.24) is 0 Å². The Hall–Kier alpha value is -1.07. The van der Waals surface area contributed by atoms with Crippen LogP contribution in [-0.4, -0.2) is 19.8 Å². The van der Waals surface area contributed by atoms with Crippen molar-refractivity contribution < 1.29 is 13.5 Å². The van der Waals surface area contributed by atoms with Crippen LogP contribution in [0.4, 0.5) is 0 Å². The zero-order chi connectivity index (χ0) is 14.9. The van der Waals surface area contributed by atoms with Crippen LogP contribution in [0.1, 0.15) is 17.2 Å². The van der Waals surface area contributed by atoms with Gasteiger partial charge in [0.25, 0.3) is 0 Å². The first-order chi connectivity index (χ1) is 9.30. The fourth-order valence-corrected chi connectivity index (χ4v) is 2.85. The molecular weight excluding hydrogens is 319 g/mol. The van der Waals surface area contributed by atoms with Gasteiger partial charge in [0.15, 0.2) is 9.84 Å². The molecule has 1 atom stereocenters. The van der Waals surface area contributed by atoms with Crippen LogP contribution in [0.25, 0.3) is 0 Å². The van der Waals surface area contributed by atoms with E-state index in [2.05, 4.69) is 0 Å². The van der Waals surface area contributed by atoms with Gasteiger partial charge >= 0.3 is 0 Å². The molecule has 106 valence electrons. The molecule has 2 aromatic rings. The molecule has 0 bridgehead atoms. The van der Waals surface area contributed by atoms with Gasteiger partial charge in [-0.1, -0.05) is 47.5 Å². The molecule has 20 heavy (non-hydrogen) atoms. The second-order valence-corrected chi connectivity index (χ2v) is 7.19. The van der Waals surface area contributed by atoms with E-state index in [4.69, 9.17) is 23.2 Å². The summed E-state index contributed by atoms with van der Waals surface area (Å²) < 4.78 is 22.8. The molecule has 1 unspecified atom stereocenters. The lowest BCUT2D eigenvalue weighted by Gasteiger charge is -2.14. The SMILES string of the molecule is CS(=O)(=O)c1ccc(C(O)c2cccc(Cl)c2Cl)cc1. The normalized spacial score (nSPS) is 13.2. The number of halogens is 2. The van der Waals surface area contributed by atoms with Crippen molar-refractivity contribution in [2.45, 2.75) is 11.0 Å². The van der Waals surface area contributed by atoms with Crippen LogP contribution in [0, 0.1) is 0 Å². The van der Waals surface area contributed by atoms with E-state index in [0.29, 0.717) is 16.1 Å². The van der Waals surface area contributed by atoms with Gasteiger partial charge in [0, 0.05) is 11.8 Å². The first-order valence-electron chi connectivity index (χ1n) is 5.72. The zero-order valence-corrected chi connectivity index (χ0v) is 12.9. The fraction of sp³-hybridized carbons (Fsp3) is 0.143. The van der Waals surface area contributed by atoms with Gasteiger partial charge in [0.2, 0.25) is 0 Å². The predicted octanol–water partition coefficient (Wildman–Crippen LogP) is 3.48.